The van der Waals surface area contributed by atoms with Crippen molar-refractivity contribution >= 4 is 11.6 Å². The monoisotopic (exact) mass is 343 g/mol. The third kappa shape index (κ3) is 3.73. The van der Waals surface area contributed by atoms with Crippen molar-refractivity contribution in [1.82, 2.24) is 9.80 Å². The zero-order valence-corrected chi connectivity index (χ0v) is 15.2. The number of anilines is 1. The van der Waals surface area contributed by atoms with Crippen LogP contribution < -0.4 is 4.90 Å². The number of carbonyl (C=O) groups excluding carboxylic acids is 1. The minimum absolute atomic E-state index is 0.0678. The fraction of sp³-hybridized carbons (Fsp3) is 0.650. The Balaban J connectivity index is 1.31. The summed E-state index contributed by atoms with van der Waals surface area (Å²) >= 11 is 0. The zero-order valence-electron chi connectivity index (χ0n) is 15.2. The molecule has 1 amide bonds. The van der Waals surface area contributed by atoms with Crippen LogP contribution in [-0.4, -0.2) is 74.2 Å². The highest BCUT2D eigenvalue weighted by molar-refractivity contribution is 5.99. The zero-order chi connectivity index (χ0) is 17.2. The molecule has 0 N–H and O–H groups in total. The largest absolute Gasteiger partial charge is 0.381 e. The molecular weight excluding hydrogens is 314 g/mol. The lowest BCUT2D eigenvalue weighted by molar-refractivity contribution is -0.122. The number of nitrogens with zero attached hydrogens (tertiary/aromatic N) is 3. The van der Waals surface area contributed by atoms with Gasteiger partial charge in [-0.2, -0.15) is 0 Å². The lowest BCUT2D eigenvalue weighted by Crippen LogP contribution is -2.53. The molecule has 5 heteroatoms. The number of piperazine rings is 1. The summed E-state index contributed by atoms with van der Waals surface area (Å²) in [6.07, 6.45) is 2.15. The maximum Gasteiger partial charge on any atom is 0.244 e. The van der Waals surface area contributed by atoms with Crippen molar-refractivity contribution in [3.05, 3.63) is 29.8 Å². The Kier molecular flexibility index (Phi) is 5.06. The molecule has 0 bridgehead atoms. The van der Waals surface area contributed by atoms with Crippen molar-refractivity contribution < 1.29 is 9.53 Å². The number of rotatable bonds is 4. The molecule has 3 fully saturated rings. The number of benzene rings is 1. The molecular formula is C20H29N3O2. The quantitative estimate of drug-likeness (QED) is 0.835. The van der Waals surface area contributed by atoms with Crippen LogP contribution in [0.3, 0.4) is 0 Å². The number of hydrogen-bond acceptors (Lipinski definition) is 4. The predicted molar refractivity (Wildman–Crippen MR) is 98.9 cm³/mol. The first-order valence-electron chi connectivity index (χ1n) is 9.63. The lowest BCUT2D eigenvalue weighted by atomic mass is 10.1. The van der Waals surface area contributed by atoms with E-state index in [0.29, 0.717) is 5.92 Å². The maximum atomic E-state index is 12.9. The average Bonchev–Trinajstić information content (AvgIpc) is 3.26. The first-order valence-corrected chi connectivity index (χ1v) is 9.63. The summed E-state index contributed by atoms with van der Waals surface area (Å²) < 4.78 is 5.49. The normalized spacial score (nSPS) is 28.8. The number of amides is 1. The van der Waals surface area contributed by atoms with E-state index in [2.05, 4.69) is 41.0 Å². The van der Waals surface area contributed by atoms with E-state index in [-0.39, 0.29) is 11.9 Å². The van der Waals surface area contributed by atoms with E-state index >= 15 is 0 Å². The molecule has 4 rings (SSSR count). The number of hydrogen-bond donors (Lipinski definition) is 0. The second kappa shape index (κ2) is 7.44. The summed E-state index contributed by atoms with van der Waals surface area (Å²) in [6, 6.07) is 8.37. The molecule has 136 valence electrons. The van der Waals surface area contributed by atoms with Crippen LogP contribution in [0.15, 0.2) is 24.3 Å². The van der Waals surface area contributed by atoms with Crippen molar-refractivity contribution in [3.63, 3.8) is 0 Å². The molecule has 2 atom stereocenters. The third-order valence-electron chi connectivity index (χ3n) is 5.91. The molecule has 0 unspecified atom stereocenters. The average molecular weight is 343 g/mol. The summed E-state index contributed by atoms with van der Waals surface area (Å²) in [5.74, 6) is 0.984. The van der Waals surface area contributed by atoms with Crippen LogP contribution >= 0.6 is 0 Å². The highest BCUT2D eigenvalue weighted by Crippen LogP contribution is 2.25. The first kappa shape index (κ1) is 17.0. The van der Waals surface area contributed by atoms with Gasteiger partial charge >= 0.3 is 0 Å². The summed E-state index contributed by atoms with van der Waals surface area (Å²) in [4.78, 5) is 19.8. The topological polar surface area (TPSA) is 36.0 Å². The second-order valence-corrected chi connectivity index (χ2v) is 7.70. The molecule has 3 aliphatic rings. The number of carbonyl (C=O) groups is 1. The van der Waals surface area contributed by atoms with Crippen LogP contribution in [0.5, 0.6) is 0 Å². The van der Waals surface area contributed by atoms with E-state index in [1.165, 1.54) is 12.0 Å². The van der Waals surface area contributed by atoms with E-state index in [4.69, 9.17) is 4.74 Å². The van der Waals surface area contributed by atoms with E-state index in [1.807, 2.05) is 4.90 Å². The highest BCUT2D eigenvalue weighted by Gasteiger charge is 2.37. The first-order chi connectivity index (χ1) is 12.2. The molecule has 0 aliphatic carbocycles. The standard InChI is InChI=1S/C20H29N3O2/c1-16-2-4-18(5-3-16)23-8-6-19(20(23)24)22-11-9-21(10-12-22)14-17-7-13-25-15-17/h2-5,17,19H,6-15H2,1H3/t17-,19+/m1/s1. The minimum atomic E-state index is 0.0678. The molecule has 5 nitrogen and oxygen atoms in total. The van der Waals surface area contributed by atoms with Gasteiger partial charge in [-0.25, -0.2) is 0 Å². The Morgan fingerprint density at radius 3 is 2.48 bits per heavy atom. The Hall–Kier alpha value is -1.43. The van der Waals surface area contributed by atoms with Gasteiger partial charge in [0.15, 0.2) is 0 Å². The predicted octanol–water partition coefficient (Wildman–Crippen LogP) is 1.75. The van der Waals surface area contributed by atoms with E-state index in [1.54, 1.807) is 0 Å². The third-order valence-corrected chi connectivity index (χ3v) is 5.91. The maximum absolute atomic E-state index is 12.9. The summed E-state index contributed by atoms with van der Waals surface area (Å²) in [7, 11) is 0. The molecule has 1 aromatic rings. The van der Waals surface area contributed by atoms with Gasteiger partial charge in [-0.3, -0.25) is 9.69 Å². The van der Waals surface area contributed by atoms with Gasteiger partial charge in [-0.1, -0.05) is 17.7 Å². The van der Waals surface area contributed by atoms with Crippen molar-refractivity contribution in [2.75, 3.05) is 57.4 Å². The summed E-state index contributed by atoms with van der Waals surface area (Å²) in [5, 5.41) is 0. The van der Waals surface area contributed by atoms with Gasteiger partial charge in [0.2, 0.25) is 5.91 Å². The molecule has 0 radical (unpaired) electrons. The Bertz CT molecular complexity index is 589. The van der Waals surface area contributed by atoms with Gasteiger partial charge in [0, 0.05) is 51.6 Å². The minimum Gasteiger partial charge on any atom is -0.381 e. The Labute approximate surface area is 150 Å². The van der Waals surface area contributed by atoms with Crippen molar-refractivity contribution in [1.29, 1.82) is 0 Å². The van der Waals surface area contributed by atoms with Gasteiger partial charge in [-0.15, -0.1) is 0 Å². The lowest BCUT2D eigenvalue weighted by Gasteiger charge is -2.38. The molecule has 0 spiro atoms. The van der Waals surface area contributed by atoms with Crippen molar-refractivity contribution in [2.45, 2.75) is 25.8 Å². The van der Waals surface area contributed by atoms with E-state index in [9.17, 15) is 4.79 Å². The molecule has 3 heterocycles. The van der Waals surface area contributed by atoms with Crippen LogP contribution in [0.4, 0.5) is 5.69 Å². The fourth-order valence-electron chi connectivity index (χ4n) is 4.33. The molecule has 0 aromatic heterocycles. The number of ether oxygens (including phenoxy) is 1. The highest BCUT2D eigenvalue weighted by atomic mass is 16.5. The van der Waals surface area contributed by atoms with Gasteiger partial charge in [0.1, 0.15) is 0 Å². The Morgan fingerprint density at radius 2 is 1.80 bits per heavy atom. The number of aryl methyl sites for hydroxylation is 1. The SMILES string of the molecule is Cc1ccc(N2CC[C@H](N3CCN(C[C@H]4CCOC4)CC3)C2=O)cc1. The smallest absolute Gasteiger partial charge is 0.244 e. The van der Waals surface area contributed by atoms with Gasteiger partial charge in [0.05, 0.1) is 12.6 Å². The Morgan fingerprint density at radius 1 is 1.04 bits per heavy atom. The summed E-state index contributed by atoms with van der Waals surface area (Å²) in [5.41, 5.74) is 2.27. The van der Waals surface area contributed by atoms with Gasteiger partial charge in [0.25, 0.3) is 0 Å². The van der Waals surface area contributed by atoms with Crippen LogP contribution in [0.2, 0.25) is 0 Å². The summed E-state index contributed by atoms with van der Waals surface area (Å²) in [6.45, 7) is 10.1. The molecule has 3 aliphatic heterocycles. The molecule has 25 heavy (non-hydrogen) atoms. The van der Waals surface area contributed by atoms with Crippen molar-refractivity contribution in [3.8, 4) is 0 Å². The van der Waals surface area contributed by atoms with Crippen LogP contribution in [-0.2, 0) is 9.53 Å². The van der Waals surface area contributed by atoms with Crippen LogP contribution in [0.25, 0.3) is 0 Å². The fourth-order valence-corrected chi connectivity index (χ4v) is 4.33. The van der Waals surface area contributed by atoms with Gasteiger partial charge < -0.3 is 14.5 Å². The van der Waals surface area contributed by atoms with Crippen LogP contribution in [0.1, 0.15) is 18.4 Å². The van der Waals surface area contributed by atoms with Gasteiger partial charge in [-0.05, 0) is 37.8 Å². The second-order valence-electron chi connectivity index (χ2n) is 7.70. The van der Waals surface area contributed by atoms with E-state index in [0.717, 1.165) is 64.6 Å². The van der Waals surface area contributed by atoms with E-state index < -0.39 is 0 Å². The van der Waals surface area contributed by atoms with Crippen LogP contribution in [0, 0.1) is 12.8 Å². The van der Waals surface area contributed by atoms with Crippen molar-refractivity contribution in [2.24, 2.45) is 5.92 Å². The molecule has 1 aromatic carbocycles. The molecule has 0 saturated carbocycles. The molecule has 3 saturated heterocycles.